The van der Waals surface area contributed by atoms with Gasteiger partial charge in [-0.1, -0.05) is 43.6 Å². The lowest BCUT2D eigenvalue weighted by atomic mass is 9.84. The SMILES string of the molecule is CCOCCCCNC(=NC)NCC(C)(C)c1ccccc1Cl.I. The lowest BCUT2D eigenvalue weighted by Crippen LogP contribution is -2.43. The molecular weight excluding hydrogens is 437 g/mol. The number of nitrogens with zero attached hydrogens (tertiary/aromatic N) is 1. The van der Waals surface area contributed by atoms with Crippen molar-refractivity contribution in [2.45, 2.75) is 39.0 Å². The summed E-state index contributed by atoms with van der Waals surface area (Å²) in [5.41, 5.74) is 1.06. The van der Waals surface area contributed by atoms with E-state index in [9.17, 15) is 0 Å². The van der Waals surface area contributed by atoms with Gasteiger partial charge in [-0.05, 0) is 31.4 Å². The zero-order chi connectivity index (χ0) is 17.1. The highest BCUT2D eigenvalue weighted by atomic mass is 127. The van der Waals surface area contributed by atoms with Crippen LogP contribution in [0.2, 0.25) is 5.02 Å². The predicted molar refractivity (Wildman–Crippen MR) is 115 cm³/mol. The van der Waals surface area contributed by atoms with Gasteiger partial charge < -0.3 is 15.4 Å². The Balaban J connectivity index is 0.00000529. The minimum absolute atomic E-state index is 0. The first-order valence-electron chi connectivity index (χ1n) is 8.28. The van der Waals surface area contributed by atoms with Gasteiger partial charge in [-0.3, -0.25) is 4.99 Å². The van der Waals surface area contributed by atoms with Gasteiger partial charge in [0.2, 0.25) is 0 Å². The van der Waals surface area contributed by atoms with Gasteiger partial charge in [-0.15, -0.1) is 24.0 Å². The number of rotatable bonds is 9. The van der Waals surface area contributed by atoms with E-state index in [4.69, 9.17) is 16.3 Å². The van der Waals surface area contributed by atoms with Crippen LogP contribution in [0.4, 0.5) is 0 Å². The van der Waals surface area contributed by atoms with Crippen molar-refractivity contribution in [1.29, 1.82) is 0 Å². The van der Waals surface area contributed by atoms with Crippen LogP contribution in [0.5, 0.6) is 0 Å². The van der Waals surface area contributed by atoms with Crippen molar-refractivity contribution < 1.29 is 4.74 Å². The fourth-order valence-electron chi connectivity index (χ4n) is 2.31. The molecule has 1 aromatic carbocycles. The van der Waals surface area contributed by atoms with Crippen LogP contribution in [-0.2, 0) is 10.2 Å². The first-order chi connectivity index (χ1) is 11.0. The van der Waals surface area contributed by atoms with E-state index in [1.807, 2.05) is 25.1 Å². The number of hydrogen-bond acceptors (Lipinski definition) is 2. The molecule has 2 N–H and O–H groups in total. The number of hydrogen-bond donors (Lipinski definition) is 2. The lowest BCUT2D eigenvalue weighted by molar-refractivity contribution is 0.143. The van der Waals surface area contributed by atoms with Crippen LogP contribution in [0, 0.1) is 0 Å². The van der Waals surface area contributed by atoms with Crippen LogP contribution in [0.15, 0.2) is 29.3 Å². The van der Waals surface area contributed by atoms with Crippen LogP contribution in [-0.4, -0.2) is 39.3 Å². The van der Waals surface area contributed by atoms with Gasteiger partial charge in [-0.2, -0.15) is 0 Å². The smallest absolute Gasteiger partial charge is 0.191 e. The molecule has 0 amide bonds. The van der Waals surface area contributed by atoms with Gasteiger partial charge in [-0.25, -0.2) is 0 Å². The van der Waals surface area contributed by atoms with Crippen molar-refractivity contribution in [2.75, 3.05) is 33.4 Å². The second-order valence-corrected chi connectivity index (χ2v) is 6.53. The Bertz CT molecular complexity index is 495. The molecule has 0 aliphatic carbocycles. The number of ether oxygens (including phenoxy) is 1. The number of nitrogens with one attached hydrogen (secondary N) is 2. The van der Waals surface area contributed by atoms with E-state index in [-0.39, 0.29) is 29.4 Å². The molecule has 0 unspecified atom stereocenters. The van der Waals surface area contributed by atoms with Gasteiger partial charge in [0.05, 0.1) is 0 Å². The summed E-state index contributed by atoms with van der Waals surface area (Å²) in [6.45, 7) is 9.63. The zero-order valence-electron chi connectivity index (χ0n) is 15.2. The van der Waals surface area contributed by atoms with E-state index < -0.39 is 0 Å². The quantitative estimate of drug-likeness (QED) is 0.247. The van der Waals surface area contributed by atoms with Gasteiger partial charge >= 0.3 is 0 Å². The first-order valence-corrected chi connectivity index (χ1v) is 8.66. The molecule has 0 spiro atoms. The van der Waals surface area contributed by atoms with Gasteiger partial charge in [0.25, 0.3) is 0 Å². The van der Waals surface area contributed by atoms with Gasteiger partial charge in [0.1, 0.15) is 0 Å². The first kappa shape index (κ1) is 23.5. The third kappa shape index (κ3) is 8.53. The molecule has 0 saturated carbocycles. The Morgan fingerprint density at radius 1 is 1.21 bits per heavy atom. The molecule has 0 aliphatic heterocycles. The maximum Gasteiger partial charge on any atom is 0.191 e. The lowest BCUT2D eigenvalue weighted by Gasteiger charge is -2.27. The number of unbranched alkanes of at least 4 members (excludes halogenated alkanes) is 1. The molecule has 4 nitrogen and oxygen atoms in total. The molecule has 6 heteroatoms. The Morgan fingerprint density at radius 3 is 2.54 bits per heavy atom. The predicted octanol–water partition coefficient (Wildman–Crippen LogP) is 4.22. The van der Waals surface area contributed by atoms with Crippen molar-refractivity contribution in [1.82, 2.24) is 10.6 Å². The molecule has 138 valence electrons. The summed E-state index contributed by atoms with van der Waals surface area (Å²) < 4.78 is 5.33. The number of guanidine groups is 1. The standard InChI is InChI=1S/C18H30ClN3O.HI/c1-5-23-13-9-8-12-21-17(20-4)22-14-18(2,3)15-10-6-7-11-16(15)19;/h6-7,10-11H,5,8-9,12-14H2,1-4H3,(H2,20,21,22);1H. The molecule has 1 rings (SSSR count). The monoisotopic (exact) mass is 467 g/mol. The van der Waals surface area contributed by atoms with Crippen LogP contribution in [0.3, 0.4) is 0 Å². The summed E-state index contributed by atoms with van der Waals surface area (Å²) >= 11 is 6.32. The van der Waals surface area contributed by atoms with Crippen molar-refractivity contribution in [2.24, 2.45) is 4.99 Å². The highest BCUT2D eigenvalue weighted by Gasteiger charge is 2.23. The number of halogens is 2. The normalized spacial score (nSPS) is 11.8. The van der Waals surface area contributed by atoms with E-state index in [1.54, 1.807) is 7.05 Å². The Morgan fingerprint density at radius 2 is 1.92 bits per heavy atom. The molecule has 24 heavy (non-hydrogen) atoms. The largest absolute Gasteiger partial charge is 0.382 e. The molecule has 1 aromatic rings. The zero-order valence-corrected chi connectivity index (χ0v) is 18.3. The molecule has 0 heterocycles. The van der Waals surface area contributed by atoms with Crippen molar-refractivity contribution >= 4 is 41.5 Å². The molecule has 0 aliphatic rings. The summed E-state index contributed by atoms with van der Waals surface area (Å²) in [4.78, 5) is 4.27. The Labute approximate surface area is 168 Å². The summed E-state index contributed by atoms with van der Waals surface area (Å²) in [5.74, 6) is 0.821. The second-order valence-electron chi connectivity index (χ2n) is 6.12. The summed E-state index contributed by atoms with van der Waals surface area (Å²) in [7, 11) is 1.79. The third-order valence-electron chi connectivity index (χ3n) is 3.74. The maximum atomic E-state index is 6.32. The molecule has 0 radical (unpaired) electrons. The minimum Gasteiger partial charge on any atom is -0.382 e. The summed E-state index contributed by atoms with van der Waals surface area (Å²) in [6, 6.07) is 7.99. The van der Waals surface area contributed by atoms with Crippen molar-refractivity contribution in [3.05, 3.63) is 34.9 Å². The van der Waals surface area contributed by atoms with Crippen molar-refractivity contribution in [3.63, 3.8) is 0 Å². The maximum absolute atomic E-state index is 6.32. The highest BCUT2D eigenvalue weighted by Crippen LogP contribution is 2.28. The average molecular weight is 468 g/mol. The molecule has 0 atom stereocenters. The van der Waals surface area contributed by atoms with E-state index in [0.717, 1.165) is 55.7 Å². The van der Waals surface area contributed by atoms with Crippen LogP contribution >= 0.6 is 35.6 Å². The second kappa shape index (κ2) is 12.8. The van der Waals surface area contributed by atoms with Crippen molar-refractivity contribution in [3.8, 4) is 0 Å². The van der Waals surface area contributed by atoms with Gasteiger partial charge in [0, 0.05) is 43.8 Å². The topological polar surface area (TPSA) is 45.6 Å². The van der Waals surface area contributed by atoms with Crippen LogP contribution in [0.25, 0.3) is 0 Å². The van der Waals surface area contributed by atoms with Crippen LogP contribution < -0.4 is 10.6 Å². The fraction of sp³-hybridized carbons (Fsp3) is 0.611. The third-order valence-corrected chi connectivity index (χ3v) is 4.07. The van der Waals surface area contributed by atoms with E-state index >= 15 is 0 Å². The average Bonchev–Trinajstić information content (AvgIpc) is 2.53. The molecule has 0 bridgehead atoms. The number of benzene rings is 1. The highest BCUT2D eigenvalue weighted by molar-refractivity contribution is 14.0. The van der Waals surface area contributed by atoms with E-state index in [2.05, 4.69) is 35.5 Å². The molecule has 0 fully saturated rings. The minimum atomic E-state index is -0.0784. The van der Waals surface area contributed by atoms with Crippen LogP contribution in [0.1, 0.15) is 39.2 Å². The van der Waals surface area contributed by atoms with Gasteiger partial charge in [0.15, 0.2) is 5.96 Å². The number of aliphatic imine (C=N–C) groups is 1. The molecule has 0 saturated heterocycles. The Kier molecular flexibility index (Phi) is 12.5. The fourth-order valence-corrected chi connectivity index (χ4v) is 2.70. The van der Waals surface area contributed by atoms with E-state index in [0.29, 0.717) is 0 Å². The summed E-state index contributed by atoms with van der Waals surface area (Å²) in [5, 5.41) is 7.53. The summed E-state index contributed by atoms with van der Waals surface area (Å²) in [6.07, 6.45) is 2.12. The molecule has 0 aromatic heterocycles. The van der Waals surface area contributed by atoms with E-state index in [1.165, 1.54) is 0 Å². The Hall–Kier alpha value is -0.530. The molecular formula is C18H31ClIN3O.